The van der Waals surface area contributed by atoms with Crippen LogP contribution in [0.4, 0.5) is 11.5 Å². The van der Waals surface area contributed by atoms with Gasteiger partial charge < -0.3 is 16.0 Å². The van der Waals surface area contributed by atoms with Crippen molar-refractivity contribution < 1.29 is 18.0 Å². The van der Waals surface area contributed by atoms with Crippen molar-refractivity contribution in [3.05, 3.63) is 48.2 Å². The van der Waals surface area contributed by atoms with Crippen LogP contribution in [0.3, 0.4) is 0 Å². The second-order valence-electron chi connectivity index (χ2n) is 9.16. The fraction of sp³-hybridized carbons (Fsp3) is 0.458. The molecular formula is C24H31N5O4S. The monoisotopic (exact) mass is 485 g/mol. The number of carbonyl (C=O) groups is 2. The molecule has 2 fully saturated rings. The molecule has 9 nitrogen and oxygen atoms in total. The highest BCUT2D eigenvalue weighted by Gasteiger charge is 2.28. The third-order valence-electron chi connectivity index (χ3n) is 6.65. The number of sulfonamides is 1. The first-order valence-corrected chi connectivity index (χ1v) is 13.1. The molecule has 1 atom stereocenters. The molecule has 4 rings (SSSR count). The summed E-state index contributed by atoms with van der Waals surface area (Å²) in [4.78, 5) is 30.8. The van der Waals surface area contributed by atoms with E-state index in [1.165, 1.54) is 28.6 Å². The molecule has 0 radical (unpaired) electrons. The van der Waals surface area contributed by atoms with Gasteiger partial charge in [0.15, 0.2) is 0 Å². The van der Waals surface area contributed by atoms with E-state index < -0.39 is 10.0 Å². The molecular weight excluding hydrogens is 454 g/mol. The number of nitrogens with zero attached hydrogens (tertiary/aromatic N) is 3. The highest BCUT2D eigenvalue weighted by Crippen LogP contribution is 2.25. The van der Waals surface area contributed by atoms with E-state index in [0.717, 1.165) is 38.0 Å². The lowest BCUT2D eigenvalue weighted by Gasteiger charge is -2.32. The van der Waals surface area contributed by atoms with Crippen LogP contribution in [0.1, 0.15) is 43.0 Å². The van der Waals surface area contributed by atoms with Crippen molar-refractivity contribution >= 4 is 33.3 Å². The quantitative estimate of drug-likeness (QED) is 0.647. The van der Waals surface area contributed by atoms with E-state index in [4.69, 9.17) is 5.73 Å². The number of nitrogens with one attached hydrogen (secondary N) is 1. The Morgan fingerprint density at radius 2 is 1.74 bits per heavy atom. The van der Waals surface area contributed by atoms with Crippen LogP contribution in [0.25, 0.3) is 0 Å². The lowest BCUT2D eigenvalue weighted by Crippen LogP contribution is -2.41. The minimum atomic E-state index is -3.55. The Labute approximate surface area is 200 Å². The molecule has 0 aliphatic carbocycles. The second-order valence-corrected chi connectivity index (χ2v) is 11.1. The summed E-state index contributed by atoms with van der Waals surface area (Å²) in [5, 5.41) is 2.79. The van der Waals surface area contributed by atoms with Gasteiger partial charge in [-0.1, -0.05) is 6.92 Å². The maximum Gasteiger partial charge on any atom is 0.255 e. The van der Waals surface area contributed by atoms with E-state index in [0.29, 0.717) is 36.8 Å². The zero-order chi connectivity index (χ0) is 24.3. The van der Waals surface area contributed by atoms with Gasteiger partial charge in [-0.2, -0.15) is 4.31 Å². The lowest BCUT2D eigenvalue weighted by molar-refractivity contribution is -0.122. The number of hydrogen-bond acceptors (Lipinski definition) is 6. The number of benzene rings is 1. The van der Waals surface area contributed by atoms with E-state index in [-0.39, 0.29) is 22.6 Å². The highest BCUT2D eigenvalue weighted by molar-refractivity contribution is 7.89. The summed E-state index contributed by atoms with van der Waals surface area (Å²) in [6.45, 7) is 4.52. The predicted octanol–water partition coefficient (Wildman–Crippen LogP) is 2.46. The summed E-state index contributed by atoms with van der Waals surface area (Å²) < 4.78 is 27.3. The topological polar surface area (TPSA) is 126 Å². The molecule has 2 amide bonds. The Kier molecular flexibility index (Phi) is 7.18. The Hall–Kier alpha value is -2.98. The van der Waals surface area contributed by atoms with Crippen molar-refractivity contribution in [3.63, 3.8) is 0 Å². The lowest BCUT2D eigenvalue weighted by atomic mass is 9.97. The van der Waals surface area contributed by atoms with Crippen LogP contribution in [0.5, 0.6) is 0 Å². The van der Waals surface area contributed by atoms with Gasteiger partial charge in [-0.05, 0) is 68.0 Å². The molecule has 182 valence electrons. The van der Waals surface area contributed by atoms with Crippen molar-refractivity contribution in [2.75, 3.05) is 36.4 Å². The van der Waals surface area contributed by atoms with Gasteiger partial charge in [0.05, 0.1) is 22.7 Å². The molecule has 3 N–H and O–H groups in total. The summed E-state index contributed by atoms with van der Waals surface area (Å²) >= 11 is 0. The number of piperidine rings is 2. The Bertz CT molecular complexity index is 1130. The molecule has 10 heteroatoms. The molecule has 0 saturated carbocycles. The highest BCUT2D eigenvalue weighted by atomic mass is 32.2. The summed E-state index contributed by atoms with van der Waals surface area (Å²) in [6, 6.07) is 9.56. The van der Waals surface area contributed by atoms with Crippen LogP contribution in [0, 0.1) is 11.8 Å². The van der Waals surface area contributed by atoms with Crippen LogP contribution < -0.4 is 16.0 Å². The van der Waals surface area contributed by atoms with Gasteiger partial charge in [-0.3, -0.25) is 9.59 Å². The van der Waals surface area contributed by atoms with Crippen molar-refractivity contribution in [2.24, 2.45) is 17.6 Å². The van der Waals surface area contributed by atoms with Crippen LogP contribution in [0.2, 0.25) is 0 Å². The number of rotatable bonds is 6. The number of nitrogens with two attached hydrogens (primary N) is 1. The van der Waals surface area contributed by atoms with Crippen LogP contribution in [-0.4, -0.2) is 55.7 Å². The summed E-state index contributed by atoms with van der Waals surface area (Å²) in [7, 11) is -3.55. The van der Waals surface area contributed by atoms with E-state index in [9.17, 15) is 18.0 Å². The van der Waals surface area contributed by atoms with E-state index >= 15 is 0 Å². The predicted molar refractivity (Wildman–Crippen MR) is 130 cm³/mol. The first-order valence-electron chi connectivity index (χ1n) is 11.7. The average Bonchev–Trinajstić information content (AvgIpc) is 2.85. The Balaban J connectivity index is 1.38. The number of hydrogen-bond donors (Lipinski definition) is 2. The van der Waals surface area contributed by atoms with Gasteiger partial charge in [0, 0.05) is 31.7 Å². The third-order valence-corrected chi connectivity index (χ3v) is 8.56. The molecule has 1 aromatic heterocycles. The molecule has 1 aromatic carbocycles. The fourth-order valence-electron chi connectivity index (χ4n) is 4.42. The molecule has 0 spiro atoms. The van der Waals surface area contributed by atoms with Gasteiger partial charge in [-0.15, -0.1) is 0 Å². The maximum atomic E-state index is 12.9. The number of anilines is 2. The van der Waals surface area contributed by atoms with Crippen molar-refractivity contribution in [1.82, 2.24) is 9.29 Å². The first kappa shape index (κ1) is 24.2. The zero-order valence-electron chi connectivity index (χ0n) is 19.3. The standard InChI is InChI=1S/C24H31N5O4S/c1-17-10-13-29(14-11-17)34(32,33)21-7-4-18(5-8-21)24(31)27-20-6-9-22(26-15-20)28-12-2-3-19(16-28)23(25)30/h4-9,15,17,19H,2-3,10-14,16H2,1H3,(H2,25,30)(H,27,31). The fourth-order valence-corrected chi connectivity index (χ4v) is 5.89. The maximum absolute atomic E-state index is 12.9. The summed E-state index contributed by atoms with van der Waals surface area (Å²) in [5.74, 6) is 0.439. The van der Waals surface area contributed by atoms with E-state index in [2.05, 4.69) is 17.2 Å². The summed E-state index contributed by atoms with van der Waals surface area (Å²) in [6.07, 6.45) is 4.94. The number of carbonyl (C=O) groups excluding carboxylic acids is 2. The molecule has 0 bridgehead atoms. The van der Waals surface area contributed by atoms with E-state index in [1.807, 2.05) is 4.90 Å². The van der Waals surface area contributed by atoms with Crippen LogP contribution in [-0.2, 0) is 14.8 Å². The zero-order valence-corrected chi connectivity index (χ0v) is 20.1. The number of pyridine rings is 1. The van der Waals surface area contributed by atoms with Gasteiger partial charge in [0.25, 0.3) is 5.91 Å². The van der Waals surface area contributed by atoms with Crippen molar-refractivity contribution in [2.45, 2.75) is 37.5 Å². The van der Waals surface area contributed by atoms with E-state index in [1.54, 1.807) is 18.3 Å². The Morgan fingerprint density at radius 1 is 1.03 bits per heavy atom. The SMILES string of the molecule is CC1CCN(S(=O)(=O)c2ccc(C(=O)Nc3ccc(N4CCCC(C(N)=O)C4)nc3)cc2)CC1. The third kappa shape index (κ3) is 5.39. The molecule has 1 unspecified atom stereocenters. The van der Waals surface area contributed by atoms with Gasteiger partial charge in [0.2, 0.25) is 15.9 Å². The molecule has 2 aliphatic heterocycles. The van der Waals surface area contributed by atoms with Gasteiger partial charge in [0.1, 0.15) is 5.82 Å². The van der Waals surface area contributed by atoms with Crippen molar-refractivity contribution in [1.29, 1.82) is 0 Å². The van der Waals surface area contributed by atoms with Gasteiger partial charge in [-0.25, -0.2) is 13.4 Å². The normalized spacial score (nSPS) is 20.1. The molecule has 2 saturated heterocycles. The smallest absolute Gasteiger partial charge is 0.255 e. The molecule has 2 aliphatic rings. The molecule has 3 heterocycles. The largest absolute Gasteiger partial charge is 0.369 e. The average molecular weight is 486 g/mol. The first-order chi connectivity index (χ1) is 16.2. The molecule has 34 heavy (non-hydrogen) atoms. The minimum absolute atomic E-state index is 0.180. The van der Waals surface area contributed by atoms with Crippen LogP contribution >= 0.6 is 0 Å². The summed E-state index contributed by atoms with van der Waals surface area (Å²) in [5.41, 5.74) is 6.33. The molecule has 2 aromatic rings. The van der Waals surface area contributed by atoms with Crippen LogP contribution in [0.15, 0.2) is 47.5 Å². The van der Waals surface area contributed by atoms with Crippen molar-refractivity contribution in [3.8, 4) is 0 Å². The second kappa shape index (κ2) is 10.1. The van der Waals surface area contributed by atoms with Gasteiger partial charge >= 0.3 is 0 Å². The number of primary amides is 1. The Morgan fingerprint density at radius 3 is 2.35 bits per heavy atom. The number of aromatic nitrogens is 1. The number of amides is 2. The minimum Gasteiger partial charge on any atom is -0.369 e.